The molecule has 0 aliphatic heterocycles. The molecular weight excluding hydrogens is 184 g/mol. The molecule has 0 saturated carbocycles. The van der Waals surface area contributed by atoms with E-state index in [1.54, 1.807) is 20.8 Å². The van der Waals surface area contributed by atoms with Gasteiger partial charge in [-0.2, -0.15) is 0 Å². The molecule has 0 aromatic rings. The molecule has 0 aliphatic rings. The van der Waals surface area contributed by atoms with Gasteiger partial charge >= 0.3 is 5.97 Å². The molecule has 0 aliphatic carbocycles. The number of ether oxygens (including phenoxy) is 2. The van der Waals surface area contributed by atoms with Crippen molar-refractivity contribution in [1.82, 2.24) is 0 Å². The van der Waals surface area contributed by atoms with Crippen LogP contribution in [0.3, 0.4) is 0 Å². The summed E-state index contributed by atoms with van der Waals surface area (Å²) < 4.78 is 9.74. The van der Waals surface area contributed by atoms with Gasteiger partial charge in [0.2, 0.25) is 0 Å². The third-order valence-electron chi connectivity index (χ3n) is 1.31. The molecule has 80 valence electrons. The Hall–Kier alpha value is -1.32. The Labute approximate surface area is 83.9 Å². The van der Waals surface area contributed by atoms with Gasteiger partial charge in [-0.05, 0) is 27.7 Å². The molecule has 0 radical (unpaired) electrons. The fourth-order valence-corrected chi connectivity index (χ4v) is 0.719. The molecule has 0 aromatic carbocycles. The fourth-order valence-electron chi connectivity index (χ4n) is 0.719. The summed E-state index contributed by atoms with van der Waals surface area (Å²) in [5, 5.41) is 0. The number of hydrogen-bond donors (Lipinski definition) is 0. The van der Waals surface area contributed by atoms with Crippen LogP contribution in [-0.2, 0) is 19.1 Å². The van der Waals surface area contributed by atoms with Crippen molar-refractivity contribution in [2.24, 2.45) is 0 Å². The maximum atomic E-state index is 11.3. The van der Waals surface area contributed by atoms with E-state index >= 15 is 0 Å². The van der Waals surface area contributed by atoms with Crippen LogP contribution >= 0.6 is 0 Å². The van der Waals surface area contributed by atoms with E-state index < -0.39 is 5.97 Å². The first-order valence-electron chi connectivity index (χ1n) is 4.52. The van der Waals surface area contributed by atoms with E-state index in [-0.39, 0.29) is 17.5 Å². The molecule has 0 amide bonds. The highest BCUT2D eigenvalue weighted by Crippen LogP contribution is 2.03. The van der Waals surface area contributed by atoms with Gasteiger partial charge in [0, 0.05) is 0 Å². The largest absolute Gasteiger partial charge is 0.500 e. The lowest BCUT2D eigenvalue weighted by atomic mass is 10.2. The highest BCUT2D eigenvalue weighted by Gasteiger charge is 2.17. The molecule has 0 spiro atoms. The van der Waals surface area contributed by atoms with Crippen LogP contribution in [0, 0.1) is 0 Å². The average molecular weight is 200 g/mol. The van der Waals surface area contributed by atoms with Crippen molar-refractivity contribution >= 4 is 11.8 Å². The maximum Gasteiger partial charge on any atom is 0.345 e. The summed E-state index contributed by atoms with van der Waals surface area (Å²) in [6.07, 6.45) is 0.902. The van der Waals surface area contributed by atoms with Crippen LogP contribution in [0.15, 0.2) is 11.8 Å². The van der Waals surface area contributed by atoms with Crippen molar-refractivity contribution in [3.63, 3.8) is 0 Å². The number of ketones is 1. The first-order valence-corrected chi connectivity index (χ1v) is 4.52. The van der Waals surface area contributed by atoms with Gasteiger partial charge in [-0.25, -0.2) is 4.79 Å². The second-order valence-corrected chi connectivity index (χ2v) is 3.00. The maximum absolute atomic E-state index is 11.3. The number of esters is 1. The molecule has 0 heterocycles. The molecular formula is C10H16O4. The normalized spacial score (nSPS) is 11.4. The second kappa shape index (κ2) is 6.18. The molecule has 0 bridgehead atoms. The zero-order valence-electron chi connectivity index (χ0n) is 8.99. The van der Waals surface area contributed by atoms with E-state index in [4.69, 9.17) is 9.47 Å². The van der Waals surface area contributed by atoms with Gasteiger partial charge in [-0.15, -0.1) is 0 Å². The third-order valence-corrected chi connectivity index (χ3v) is 1.31. The molecule has 0 atom stereocenters. The van der Waals surface area contributed by atoms with Gasteiger partial charge < -0.3 is 9.47 Å². The Morgan fingerprint density at radius 3 is 2.29 bits per heavy atom. The van der Waals surface area contributed by atoms with Crippen LogP contribution in [0.5, 0.6) is 0 Å². The summed E-state index contributed by atoms with van der Waals surface area (Å²) in [5.41, 5.74) is -0.0550. The Kier molecular flexibility index (Phi) is 5.60. The van der Waals surface area contributed by atoms with E-state index in [1.807, 2.05) is 0 Å². The SMILES string of the molecule is CCO/C=C(/C(C)=O)C(=O)OC(C)C. The van der Waals surface area contributed by atoms with Crippen LogP contribution in [0.25, 0.3) is 0 Å². The van der Waals surface area contributed by atoms with Crippen LogP contribution in [-0.4, -0.2) is 24.5 Å². The van der Waals surface area contributed by atoms with Crippen molar-refractivity contribution in [3.8, 4) is 0 Å². The van der Waals surface area contributed by atoms with E-state index in [0.717, 1.165) is 6.26 Å². The van der Waals surface area contributed by atoms with Crippen molar-refractivity contribution in [2.45, 2.75) is 33.8 Å². The van der Waals surface area contributed by atoms with Crippen molar-refractivity contribution in [1.29, 1.82) is 0 Å². The number of carbonyl (C=O) groups excluding carboxylic acids is 2. The first-order chi connectivity index (χ1) is 6.49. The highest BCUT2D eigenvalue weighted by molar-refractivity contribution is 6.16. The minimum atomic E-state index is -0.638. The molecule has 14 heavy (non-hydrogen) atoms. The first kappa shape index (κ1) is 12.7. The van der Waals surface area contributed by atoms with E-state index in [9.17, 15) is 9.59 Å². The van der Waals surface area contributed by atoms with Crippen LogP contribution in [0.4, 0.5) is 0 Å². The predicted molar refractivity (Wildman–Crippen MR) is 51.6 cm³/mol. The molecule has 0 fully saturated rings. The molecule has 0 unspecified atom stereocenters. The number of Topliss-reactive ketones (excluding diaryl/α,β-unsaturated/α-hetero) is 1. The smallest absolute Gasteiger partial charge is 0.345 e. The number of carbonyl (C=O) groups is 2. The van der Waals surface area contributed by atoms with Gasteiger partial charge in [-0.3, -0.25) is 4.79 Å². The van der Waals surface area contributed by atoms with Gasteiger partial charge in [0.25, 0.3) is 0 Å². The van der Waals surface area contributed by atoms with E-state index in [0.29, 0.717) is 6.61 Å². The summed E-state index contributed by atoms with van der Waals surface area (Å²) in [6, 6.07) is 0. The quantitative estimate of drug-likeness (QED) is 0.221. The van der Waals surface area contributed by atoms with Crippen molar-refractivity contribution in [3.05, 3.63) is 11.8 Å². The lowest BCUT2D eigenvalue weighted by Crippen LogP contribution is -2.18. The molecule has 4 nitrogen and oxygen atoms in total. The molecule has 0 aromatic heterocycles. The summed E-state index contributed by atoms with van der Waals surface area (Å²) in [6.45, 7) is 6.91. The van der Waals surface area contributed by atoms with Crippen molar-refractivity contribution < 1.29 is 19.1 Å². The van der Waals surface area contributed by atoms with Crippen LogP contribution in [0.1, 0.15) is 27.7 Å². The fraction of sp³-hybridized carbons (Fsp3) is 0.600. The van der Waals surface area contributed by atoms with E-state index in [2.05, 4.69) is 0 Å². The second-order valence-electron chi connectivity index (χ2n) is 3.00. The summed E-state index contributed by atoms with van der Waals surface area (Å²) in [4.78, 5) is 22.3. The standard InChI is InChI=1S/C10H16O4/c1-5-13-6-9(8(4)11)10(12)14-7(2)3/h6-7H,5H2,1-4H3/b9-6-. The zero-order valence-corrected chi connectivity index (χ0v) is 8.99. The van der Waals surface area contributed by atoms with E-state index in [1.165, 1.54) is 6.92 Å². The van der Waals surface area contributed by atoms with Crippen LogP contribution in [0.2, 0.25) is 0 Å². The minimum Gasteiger partial charge on any atom is -0.500 e. The van der Waals surface area contributed by atoms with Crippen molar-refractivity contribution in [2.75, 3.05) is 6.61 Å². The topological polar surface area (TPSA) is 52.6 Å². The van der Waals surface area contributed by atoms with Crippen LogP contribution < -0.4 is 0 Å². The Balaban J connectivity index is 4.50. The van der Waals surface area contributed by atoms with Gasteiger partial charge in [0.05, 0.1) is 12.7 Å². The number of hydrogen-bond acceptors (Lipinski definition) is 4. The molecule has 0 rings (SSSR count). The van der Waals surface area contributed by atoms with Gasteiger partial charge in [-0.1, -0.05) is 0 Å². The minimum absolute atomic E-state index is 0.0550. The van der Waals surface area contributed by atoms with Gasteiger partial charge in [0.15, 0.2) is 5.78 Å². The lowest BCUT2D eigenvalue weighted by Gasteiger charge is -2.08. The summed E-state index contributed by atoms with van der Waals surface area (Å²) in [7, 11) is 0. The Morgan fingerprint density at radius 1 is 1.36 bits per heavy atom. The molecule has 0 N–H and O–H groups in total. The number of rotatable bonds is 5. The average Bonchev–Trinajstić information content (AvgIpc) is 2.02. The molecule has 4 heteroatoms. The highest BCUT2D eigenvalue weighted by atomic mass is 16.5. The lowest BCUT2D eigenvalue weighted by molar-refractivity contribution is -0.143. The third kappa shape index (κ3) is 4.64. The Morgan fingerprint density at radius 2 is 1.93 bits per heavy atom. The zero-order chi connectivity index (χ0) is 11.1. The predicted octanol–water partition coefficient (Wildman–Crippen LogP) is 1.45. The van der Waals surface area contributed by atoms with Gasteiger partial charge in [0.1, 0.15) is 11.8 Å². The summed E-state index contributed by atoms with van der Waals surface area (Å²) in [5.74, 6) is -0.995. The monoisotopic (exact) mass is 200 g/mol. The summed E-state index contributed by atoms with van der Waals surface area (Å²) >= 11 is 0. The molecule has 0 saturated heterocycles. The Bertz CT molecular complexity index is 241.